The van der Waals surface area contributed by atoms with Gasteiger partial charge in [-0.2, -0.15) is 0 Å². The Morgan fingerprint density at radius 1 is 0.318 bits per heavy atom. The van der Waals surface area contributed by atoms with E-state index in [9.17, 15) is 0 Å². The van der Waals surface area contributed by atoms with E-state index in [4.69, 9.17) is 9.97 Å². The van der Waals surface area contributed by atoms with Crippen molar-refractivity contribution in [3.8, 4) is 67.3 Å². The van der Waals surface area contributed by atoms with Crippen molar-refractivity contribution in [1.29, 1.82) is 0 Å². The third kappa shape index (κ3) is 5.61. The molecule has 0 amide bonds. The summed E-state index contributed by atoms with van der Waals surface area (Å²) in [4.78, 5) is 10.7. The van der Waals surface area contributed by atoms with Crippen molar-refractivity contribution in [1.82, 2.24) is 9.97 Å². The third-order valence-electron chi connectivity index (χ3n) is 14.5. The molecule has 0 fully saturated rings. The summed E-state index contributed by atoms with van der Waals surface area (Å²) in [5, 5.41) is 4.92. The molecule has 0 saturated carbocycles. The minimum atomic E-state index is -0.468. The molecule has 2 nitrogen and oxygen atoms in total. The van der Waals surface area contributed by atoms with Crippen LogP contribution in [0.15, 0.2) is 231 Å². The average Bonchev–Trinajstić information content (AvgIpc) is 3.80. The van der Waals surface area contributed by atoms with Crippen LogP contribution in [0.5, 0.6) is 0 Å². The van der Waals surface area contributed by atoms with Gasteiger partial charge in [-0.1, -0.05) is 220 Å². The molecular formula is C64H44N2. The van der Waals surface area contributed by atoms with E-state index < -0.39 is 5.41 Å². The lowest BCUT2D eigenvalue weighted by Gasteiger charge is -2.33. The van der Waals surface area contributed by atoms with E-state index in [2.05, 4.69) is 238 Å². The molecule has 0 radical (unpaired) electrons. The fourth-order valence-electron chi connectivity index (χ4n) is 11.6. The van der Waals surface area contributed by atoms with Crippen LogP contribution in [0, 0.1) is 0 Å². The zero-order valence-corrected chi connectivity index (χ0v) is 36.8. The highest BCUT2D eigenvalue weighted by molar-refractivity contribution is 6.07. The summed E-state index contributed by atoms with van der Waals surface area (Å²) in [5.74, 6) is 0.702. The second-order valence-corrected chi connectivity index (χ2v) is 18.4. The molecule has 13 rings (SSSR count). The summed E-state index contributed by atoms with van der Waals surface area (Å²) in [6, 6.07) is 84.3. The molecule has 0 unspecified atom stereocenters. The Kier molecular flexibility index (Phi) is 8.51. The summed E-state index contributed by atoms with van der Waals surface area (Å²) in [6.07, 6.45) is 0. The third-order valence-corrected chi connectivity index (χ3v) is 14.5. The van der Waals surface area contributed by atoms with Gasteiger partial charge in [-0.05, 0) is 113 Å². The van der Waals surface area contributed by atoms with Gasteiger partial charge in [0, 0.05) is 22.1 Å². The number of aromatic nitrogens is 2. The van der Waals surface area contributed by atoms with E-state index in [-0.39, 0.29) is 5.41 Å². The second kappa shape index (κ2) is 14.7. The van der Waals surface area contributed by atoms with Crippen molar-refractivity contribution in [3.05, 3.63) is 264 Å². The molecule has 0 saturated heterocycles. The van der Waals surface area contributed by atoms with Crippen LogP contribution in [0.2, 0.25) is 0 Å². The number of rotatable bonds is 6. The van der Waals surface area contributed by atoms with Gasteiger partial charge in [-0.15, -0.1) is 0 Å². The SMILES string of the molecule is CC1(C)c2cc3ccccc3cc2-c2cccc(-c3ccc(-c4cc(-c5ccc6c(c5)-c5ccccc5C6(c5ccccc5)c5ccccc5)nc(-c5ccccc5)n4)c4ccccc34)c21. The number of fused-ring (bicyclic) bond motifs is 8. The lowest BCUT2D eigenvalue weighted by Crippen LogP contribution is -2.28. The van der Waals surface area contributed by atoms with Crippen molar-refractivity contribution in [3.63, 3.8) is 0 Å². The van der Waals surface area contributed by atoms with E-state index in [1.54, 1.807) is 0 Å². The van der Waals surface area contributed by atoms with Crippen molar-refractivity contribution >= 4 is 21.5 Å². The zero-order valence-electron chi connectivity index (χ0n) is 36.8. The predicted octanol–water partition coefficient (Wildman–Crippen LogP) is 16.1. The van der Waals surface area contributed by atoms with Gasteiger partial charge in [-0.25, -0.2) is 9.97 Å². The molecule has 1 aromatic heterocycles. The average molecular weight is 841 g/mol. The fraction of sp³-hybridized carbons (Fsp3) is 0.0625. The maximum atomic E-state index is 5.39. The van der Waals surface area contributed by atoms with Crippen LogP contribution >= 0.6 is 0 Å². The van der Waals surface area contributed by atoms with Gasteiger partial charge in [0.05, 0.1) is 16.8 Å². The first-order valence-electron chi connectivity index (χ1n) is 23.0. The zero-order chi connectivity index (χ0) is 44.0. The molecule has 0 spiro atoms. The first kappa shape index (κ1) is 38.3. The maximum Gasteiger partial charge on any atom is 0.160 e. The quantitative estimate of drug-likeness (QED) is 0.167. The van der Waals surface area contributed by atoms with E-state index in [0.29, 0.717) is 5.82 Å². The summed E-state index contributed by atoms with van der Waals surface area (Å²) < 4.78 is 0. The van der Waals surface area contributed by atoms with Gasteiger partial charge >= 0.3 is 0 Å². The Morgan fingerprint density at radius 3 is 1.58 bits per heavy atom. The molecule has 66 heavy (non-hydrogen) atoms. The van der Waals surface area contributed by atoms with Crippen molar-refractivity contribution in [2.75, 3.05) is 0 Å². The number of hydrogen-bond donors (Lipinski definition) is 0. The Balaban J connectivity index is 0.991. The van der Waals surface area contributed by atoms with Crippen molar-refractivity contribution in [2.24, 2.45) is 0 Å². The molecule has 0 aliphatic heterocycles. The Bertz CT molecular complexity index is 3680. The van der Waals surface area contributed by atoms with Crippen LogP contribution in [-0.4, -0.2) is 9.97 Å². The topological polar surface area (TPSA) is 25.8 Å². The fourth-order valence-corrected chi connectivity index (χ4v) is 11.6. The summed E-state index contributed by atoms with van der Waals surface area (Å²) in [6.45, 7) is 4.78. The Morgan fingerprint density at radius 2 is 0.848 bits per heavy atom. The Labute approximate surface area is 385 Å². The molecule has 2 aliphatic rings. The molecule has 0 N–H and O–H groups in total. The molecule has 0 bridgehead atoms. The highest BCUT2D eigenvalue weighted by Crippen LogP contribution is 2.57. The molecule has 2 heteroatoms. The lowest BCUT2D eigenvalue weighted by atomic mass is 9.67. The van der Waals surface area contributed by atoms with Crippen LogP contribution in [-0.2, 0) is 10.8 Å². The van der Waals surface area contributed by atoms with E-state index in [0.717, 1.165) is 33.5 Å². The molecule has 310 valence electrons. The van der Waals surface area contributed by atoms with Gasteiger partial charge in [0.2, 0.25) is 0 Å². The molecular weight excluding hydrogens is 797 g/mol. The van der Waals surface area contributed by atoms with Crippen LogP contribution in [0.4, 0.5) is 0 Å². The maximum absolute atomic E-state index is 5.39. The molecule has 10 aromatic carbocycles. The minimum Gasteiger partial charge on any atom is -0.228 e. The molecule has 11 aromatic rings. The first-order valence-corrected chi connectivity index (χ1v) is 23.0. The highest BCUT2D eigenvalue weighted by atomic mass is 14.9. The second-order valence-electron chi connectivity index (χ2n) is 18.4. The predicted molar refractivity (Wildman–Crippen MR) is 274 cm³/mol. The standard InChI is InChI=1S/C64H44N2/c1-63(2)58-39-43-22-13-12-21-42(43)37-55(58)53-31-18-30-52(61(53)63)49-34-35-51(48-28-15-14-27-47(48)49)60-40-59(65-62(66-60)41-19-6-3-7-20-41)44-33-36-57-54(38-44)50-29-16-17-32-56(50)64(57,45-23-8-4-9-24-45)46-25-10-5-11-26-46/h3-40H,1-2H3. The van der Waals surface area contributed by atoms with Gasteiger partial charge in [0.15, 0.2) is 5.82 Å². The summed E-state index contributed by atoms with van der Waals surface area (Å²) in [5.41, 5.74) is 19.7. The molecule has 0 atom stereocenters. The van der Waals surface area contributed by atoms with Crippen LogP contribution in [0.25, 0.3) is 88.8 Å². The highest BCUT2D eigenvalue weighted by Gasteiger charge is 2.46. The normalized spacial score (nSPS) is 13.8. The molecule has 2 aliphatic carbocycles. The summed E-state index contributed by atoms with van der Waals surface area (Å²) in [7, 11) is 0. The van der Waals surface area contributed by atoms with Gasteiger partial charge in [0.1, 0.15) is 0 Å². The van der Waals surface area contributed by atoms with Crippen molar-refractivity contribution < 1.29 is 0 Å². The largest absolute Gasteiger partial charge is 0.228 e. The van der Waals surface area contributed by atoms with Crippen LogP contribution in [0.3, 0.4) is 0 Å². The van der Waals surface area contributed by atoms with Crippen LogP contribution in [0.1, 0.15) is 47.2 Å². The summed E-state index contributed by atoms with van der Waals surface area (Å²) >= 11 is 0. The first-order chi connectivity index (χ1) is 32.5. The lowest BCUT2D eigenvalue weighted by molar-refractivity contribution is 0.663. The number of hydrogen-bond acceptors (Lipinski definition) is 2. The van der Waals surface area contributed by atoms with Crippen LogP contribution < -0.4 is 0 Å². The van der Waals surface area contributed by atoms with E-state index in [1.807, 2.05) is 6.07 Å². The van der Waals surface area contributed by atoms with Gasteiger partial charge < -0.3 is 0 Å². The number of benzene rings is 10. The van der Waals surface area contributed by atoms with E-state index in [1.165, 1.54) is 82.9 Å². The smallest absolute Gasteiger partial charge is 0.160 e. The number of nitrogens with zero attached hydrogens (tertiary/aromatic N) is 2. The van der Waals surface area contributed by atoms with E-state index >= 15 is 0 Å². The van der Waals surface area contributed by atoms with Gasteiger partial charge in [0.25, 0.3) is 0 Å². The molecule has 1 heterocycles. The monoisotopic (exact) mass is 840 g/mol. The Hall–Kier alpha value is -8.20. The minimum absolute atomic E-state index is 0.185. The van der Waals surface area contributed by atoms with Gasteiger partial charge in [-0.3, -0.25) is 0 Å². The van der Waals surface area contributed by atoms with Crippen molar-refractivity contribution in [2.45, 2.75) is 24.7 Å².